The van der Waals surface area contributed by atoms with E-state index in [1.54, 1.807) is 24.3 Å². The lowest BCUT2D eigenvalue weighted by atomic mass is 10.1. The number of rotatable bonds is 10. The van der Waals surface area contributed by atoms with Gasteiger partial charge in [0.15, 0.2) is 11.5 Å². The Hall–Kier alpha value is -3.49. The predicted octanol–water partition coefficient (Wildman–Crippen LogP) is 6.88. The fourth-order valence-corrected chi connectivity index (χ4v) is 4.64. The van der Waals surface area contributed by atoms with E-state index >= 15 is 0 Å². The second-order valence-electron chi connectivity index (χ2n) is 8.12. The number of aryl methyl sites for hydroxylation is 1. The zero-order chi connectivity index (χ0) is 26.4. The van der Waals surface area contributed by atoms with Crippen molar-refractivity contribution in [3.05, 3.63) is 93.1 Å². The van der Waals surface area contributed by atoms with E-state index in [-0.39, 0.29) is 22.0 Å². The number of hydrogen-bond acceptors (Lipinski definition) is 6. The van der Waals surface area contributed by atoms with Gasteiger partial charge in [0, 0.05) is 10.6 Å². The first-order valence-electron chi connectivity index (χ1n) is 11.6. The molecule has 0 saturated carbocycles. The quantitative estimate of drug-likeness (QED) is 0.206. The summed E-state index contributed by atoms with van der Waals surface area (Å²) in [7, 11) is 0. The van der Waals surface area contributed by atoms with Gasteiger partial charge in [-0.3, -0.25) is 14.5 Å². The van der Waals surface area contributed by atoms with Crippen molar-refractivity contribution >= 4 is 40.6 Å². The van der Waals surface area contributed by atoms with Crippen LogP contribution in [0.15, 0.2) is 65.6 Å². The van der Waals surface area contributed by atoms with Crippen LogP contribution in [0.1, 0.15) is 23.6 Å². The standard InChI is InChI=1S/C28H25ClFNO5S/c1-3-34-25-15-19(9-12-24(25)36-14-13-35-20-10-7-18(2)8-11-20)16-26-27(32)31(28(33)37-26)17-21-22(29)5-4-6-23(21)30/h4-12,15-16H,3,13-14,17H2,1-2H3/b26-16-. The average molecular weight is 542 g/mol. The highest BCUT2D eigenvalue weighted by atomic mass is 35.5. The van der Waals surface area contributed by atoms with Crippen LogP contribution >= 0.6 is 23.4 Å². The first-order valence-corrected chi connectivity index (χ1v) is 12.8. The van der Waals surface area contributed by atoms with Crippen molar-refractivity contribution in [2.24, 2.45) is 0 Å². The van der Waals surface area contributed by atoms with Crippen molar-refractivity contribution in [3.63, 3.8) is 0 Å². The SMILES string of the molecule is CCOc1cc(/C=C2\SC(=O)N(Cc3c(F)cccc3Cl)C2=O)ccc1OCCOc1ccc(C)cc1. The van der Waals surface area contributed by atoms with Gasteiger partial charge in [0.25, 0.3) is 11.1 Å². The van der Waals surface area contributed by atoms with Crippen molar-refractivity contribution in [2.75, 3.05) is 19.8 Å². The maximum atomic E-state index is 14.2. The third-order valence-corrected chi connectivity index (χ3v) is 6.71. The zero-order valence-electron chi connectivity index (χ0n) is 20.3. The Kier molecular flexibility index (Phi) is 8.74. The van der Waals surface area contributed by atoms with E-state index in [2.05, 4.69) is 0 Å². The van der Waals surface area contributed by atoms with Crippen LogP contribution in [0.3, 0.4) is 0 Å². The van der Waals surface area contributed by atoms with E-state index < -0.39 is 17.0 Å². The second kappa shape index (κ2) is 12.2. The largest absolute Gasteiger partial charge is 0.490 e. The molecular formula is C28H25ClFNO5S. The Labute approximate surface area is 224 Å². The van der Waals surface area contributed by atoms with Crippen LogP contribution in [0.2, 0.25) is 5.02 Å². The molecule has 6 nitrogen and oxygen atoms in total. The minimum absolute atomic E-state index is 0.0965. The molecule has 1 aliphatic heterocycles. The van der Waals surface area contributed by atoms with Crippen molar-refractivity contribution < 1.29 is 28.2 Å². The number of hydrogen-bond donors (Lipinski definition) is 0. The number of halogens is 2. The molecule has 9 heteroatoms. The van der Waals surface area contributed by atoms with Crippen molar-refractivity contribution in [1.82, 2.24) is 4.90 Å². The summed E-state index contributed by atoms with van der Waals surface area (Å²) >= 11 is 6.86. The molecule has 0 aromatic heterocycles. The number of nitrogens with zero attached hydrogens (tertiary/aromatic N) is 1. The van der Waals surface area contributed by atoms with Crippen LogP contribution in [0.25, 0.3) is 6.08 Å². The maximum absolute atomic E-state index is 14.2. The van der Waals surface area contributed by atoms with E-state index in [9.17, 15) is 14.0 Å². The number of amides is 2. The minimum Gasteiger partial charge on any atom is -0.490 e. The highest BCUT2D eigenvalue weighted by Gasteiger charge is 2.36. The van der Waals surface area contributed by atoms with Crippen LogP contribution in [-0.2, 0) is 11.3 Å². The molecule has 3 aromatic rings. The molecule has 1 heterocycles. The normalized spacial score (nSPS) is 14.4. The van der Waals surface area contributed by atoms with Gasteiger partial charge in [-0.1, -0.05) is 41.4 Å². The summed E-state index contributed by atoms with van der Waals surface area (Å²) in [5.41, 5.74) is 1.91. The van der Waals surface area contributed by atoms with E-state index in [1.165, 1.54) is 18.2 Å². The molecule has 4 rings (SSSR count). The Balaban J connectivity index is 1.43. The van der Waals surface area contributed by atoms with Gasteiger partial charge < -0.3 is 14.2 Å². The van der Waals surface area contributed by atoms with Gasteiger partial charge in [0.1, 0.15) is 24.8 Å². The maximum Gasteiger partial charge on any atom is 0.293 e. The average Bonchev–Trinajstić information content (AvgIpc) is 3.13. The molecule has 0 unspecified atom stereocenters. The lowest BCUT2D eigenvalue weighted by Gasteiger charge is -2.14. The van der Waals surface area contributed by atoms with Crippen molar-refractivity contribution in [1.29, 1.82) is 0 Å². The van der Waals surface area contributed by atoms with Crippen LogP contribution in [0.5, 0.6) is 17.2 Å². The number of imide groups is 1. The van der Waals surface area contributed by atoms with Crippen molar-refractivity contribution in [2.45, 2.75) is 20.4 Å². The van der Waals surface area contributed by atoms with E-state index in [4.69, 9.17) is 25.8 Å². The summed E-state index contributed by atoms with van der Waals surface area (Å²) in [6.45, 7) is 4.71. The highest BCUT2D eigenvalue weighted by molar-refractivity contribution is 8.18. The first-order chi connectivity index (χ1) is 17.9. The molecule has 0 N–H and O–H groups in total. The number of benzene rings is 3. The van der Waals surface area contributed by atoms with Crippen LogP contribution in [-0.4, -0.2) is 35.9 Å². The fourth-order valence-electron chi connectivity index (χ4n) is 3.58. The van der Waals surface area contributed by atoms with Crippen LogP contribution < -0.4 is 14.2 Å². The molecule has 0 spiro atoms. The zero-order valence-corrected chi connectivity index (χ0v) is 21.9. The third-order valence-electron chi connectivity index (χ3n) is 5.45. The van der Waals surface area contributed by atoms with Crippen molar-refractivity contribution in [3.8, 4) is 17.2 Å². The summed E-state index contributed by atoms with van der Waals surface area (Å²) < 4.78 is 31.5. The minimum atomic E-state index is -0.572. The second-order valence-corrected chi connectivity index (χ2v) is 9.52. The van der Waals surface area contributed by atoms with Gasteiger partial charge in [-0.2, -0.15) is 0 Å². The van der Waals surface area contributed by atoms with E-state index in [0.29, 0.717) is 36.9 Å². The Morgan fingerprint density at radius 2 is 1.73 bits per heavy atom. The Bertz CT molecular complexity index is 1310. The Morgan fingerprint density at radius 3 is 2.46 bits per heavy atom. The predicted molar refractivity (Wildman–Crippen MR) is 143 cm³/mol. The summed E-state index contributed by atoms with van der Waals surface area (Å²) in [6.07, 6.45) is 1.60. The molecular weight excluding hydrogens is 517 g/mol. The molecule has 192 valence electrons. The van der Waals surface area contributed by atoms with Gasteiger partial charge in [-0.05, 0) is 73.6 Å². The topological polar surface area (TPSA) is 65.1 Å². The Morgan fingerprint density at radius 1 is 0.973 bits per heavy atom. The summed E-state index contributed by atoms with van der Waals surface area (Å²) in [6, 6.07) is 17.2. The lowest BCUT2D eigenvalue weighted by Crippen LogP contribution is -2.28. The smallest absolute Gasteiger partial charge is 0.293 e. The summed E-state index contributed by atoms with van der Waals surface area (Å²) in [5.74, 6) is 0.719. The number of carbonyl (C=O) groups excluding carboxylic acids is 2. The third kappa shape index (κ3) is 6.64. The van der Waals surface area contributed by atoms with E-state index in [0.717, 1.165) is 28.0 Å². The van der Waals surface area contributed by atoms with Gasteiger partial charge in [-0.15, -0.1) is 0 Å². The van der Waals surface area contributed by atoms with E-state index in [1.807, 2.05) is 38.1 Å². The molecule has 0 bridgehead atoms. The molecule has 1 aliphatic rings. The summed E-state index contributed by atoms with van der Waals surface area (Å²) in [5, 5.41) is -0.335. The lowest BCUT2D eigenvalue weighted by molar-refractivity contribution is -0.123. The molecule has 0 aliphatic carbocycles. The van der Waals surface area contributed by atoms with Gasteiger partial charge >= 0.3 is 0 Å². The monoisotopic (exact) mass is 541 g/mol. The van der Waals surface area contributed by atoms with Gasteiger partial charge in [0.2, 0.25) is 0 Å². The van der Waals surface area contributed by atoms with Crippen LogP contribution in [0, 0.1) is 12.7 Å². The number of carbonyl (C=O) groups is 2. The molecule has 3 aromatic carbocycles. The molecule has 0 radical (unpaired) electrons. The molecule has 37 heavy (non-hydrogen) atoms. The number of ether oxygens (including phenoxy) is 3. The highest BCUT2D eigenvalue weighted by Crippen LogP contribution is 2.36. The molecule has 1 fully saturated rings. The van der Waals surface area contributed by atoms with Gasteiger partial charge in [0.05, 0.1) is 18.1 Å². The summed E-state index contributed by atoms with van der Waals surface area (Å²) in [4.78, 5) is 26.6. The van der Waals surface area contributed by atoms with Gasteiger partial charge in [-0.25, -0.2) is 4.39 Å². The molecule has 0 atom stereocenters. The fraction of sp³-hybridized carbons (Fsp3) is 0.214. The first kappa shape index (κ1) is 26.6. The van der Waals surface area contributed by atoms with Crippen LogP contribution in [0.4, 0.5) is 9.18 Å². The number of thioether (sulfide) groups is 1. The molecule has 1 saturated heterocycles. The molecule has 2 amide bonds.